The molecule has 1 nitrogen and oxygen atoms in total. The molecule has 0 amide bonds. The summed E-state index contributed by atoms with van der Waals surface area (Å²) in [7, 11) is 0. The Morgan fingerprint density at radius 2 is 1.95 bits per heavy atom. The van der Waals surface area contributed by atoms with Gasteiger partial charge in [-0.15, -0.1) is 11.3 Å². The molecule has 0 aliphatic heterocycles. The number of aliphatic hydroxyl groups is 1. The van der Waals surface area contributed by atoms with Gasteiger partial charge in [0.1, 0.15) is 0 Å². The highest BCUT2D eigenvalue weighted by Crippen LogP contribution is 2.41. The number of thiophene rings is 1. The average Bonchev–Trinajstić information content (AvgIpc) is 2.90. The van der Waals surface area contributed by atoms with Crippen LogP contribution < -0.4 is 0 Å². The van der Waals surface area contributed by atoms with E-state index in [1.165, 1.54) is 68.2 Å². The maximum atomic E-state index is 10.7. The quantitative estimate of drug-likeness (QED) is 0.835. The van der Waals surface area contributed by atoms with Crippen LogP contribution >= 0.6 is 11.3 Å². The van der Waals surface area contributed by atoms with Crippen molar-refractivity contribution in [2.75, 3.05) is 0 Å². The van der Waals surface area contributed by atoms with Gasteiger partial charge in [-0.1, -0.05) is 26.2 Å². The van der Waals surface area contributed by atoms with Gasteiger partial charge in [0, 0.05) is 9.75 Å². The minimum atomic E-state index is -0.187. The van der Waals surface area contributed by atoms with Crippen LogP contribution in [0.15, 0.2) is 6.07 Å². The van der Waals surface area contributed by atoms with Gasteiger partial charge in [-0.3, -0.25) is 0 Å². The molecule has 2 aliphatic rings. The van der Waals surface area contributed by atoms with Gasteiger partial charge < -0.3 is 5.11 Å². The Labute approximate surface area is 121 Å². The molecule has 1 aromatic heterocycles. The van der Waals surface area contributed by atoms with Gasteiger partial charge >= 0.3 is 0 Å². The van der Waals surface area contributed by atoms with Gasteiger partial charge in [-0.05, 0) is 62.0 Å². The topological polar surface area (TPSA) is 20.2 Å². The minimum Gasteiger partial charge on any atom is -0.387 e. The molecule has 1 heterocycles. The molecule has 3 rings (SSSR count). The summed E-state index contributed by atoms with van der Waals surface area (Å²) in [4.78, 5) is 2.81. The van der Waals surface area contributed by atoms with Crippen molar-refractivity contribution in [3.8, 4) is 0 Å². The number of hydrogen-bond acceptors (Lipinski definition) is 2. The summed E-state index contributed by atoms with van der Waals surface area (Å²) in [5, 5.41) is 10.7. The standard InChI is InChI=1S/C17H26OS/c1-2-12-7-9-13(10-8-12)17(18)16-11-14-5-3-4-6-15(14)19-16/h11-13,17-18H,2-10H2,1H3. The molecule has 2 aliphatic carbocycles. The SMILES string of the molecule is CCC1CCC(C(O)c2cc3c(s2)CCCC3)CC1. The molecule has 19 heavy (non-hydrogen) atoms. The first-order valence-electron chi connectivity index (χ1n) is 8.07. The largest absolute Gasteiger partial charge is 0.387 e. The molecule has 1 saturated carbocycles. The average molecular weight is 278 g/mol. The summed E-state index contributed by atoms with van der Waals surface area (Å²) >= 11 is 1.89. The molecule has 2 heteroatoms. The second kappa shape index (κ2) is 5.97. The molecule has 0 radical (unpaired) electrons. The third-order valence-corrected chi connectivity index (χ3v) is 6.53. The van der Waals surface area contributed by atoms with E-state index >= 15 is 0 Å². The number of fused-ring (bicyclic) bond motifs is 1. The maximum absolute atomic E-state index is 10.7. The molecule has 1 unspecified atom stereocenters. The van der Waals surface area contributed by atoms with Crippen LogP contribution in [0.1, 0.15) is 73.3 Å². The van der Waals surface area contributed by atoms with Crippen molar-refractivity contribution in [1.29, 1.82) is 0 Å². The van der Waals surface area contributed by atoms with E-state index in [0.29, 0.717) is 5.92 Å². The minimum absolute atomic E-state index is 0.187. The molecule has 0 spiro atoms. The molecule has 1 fully saturated rings. The molecule has 1 aromatic rings. The van der Waals surface area contributed by atoms with Crippen LogP contribution in [-0.2, 0) is 12.8 Å². The smallest absolute Gasteiger partial charge is 0.0910 e. The first kappa shape index (κ1) is 13.6. The Morgan fingerprint density at radius 3 is 2.63 bits per heavy atom. The fraction of sp³-hybridized carbons (Fsp3) is 0.765. The van der Waals surface area contributed by atoms with E-state index in [9.17, 15) is 5.11 Å². The van der Waals surface area contributed by atoms with E-state index in [-0.39, 0.29) is 6.10 Å². The highest BCUT2D eigenvalue weighted by atomic mass is 32.1. The lowest BCUT2D eigenvalue weighted by molar-refractivity contribution is 0.0757. The predicted molar refractivity (Wildman–Crippen MR) is 81.7 cm³/mol. The Balaban J connectivity index is 1.67. The molecule has 1 N–H and O–H groups in total. The van der Waals surface area contributed by atoms with Gasteiger partial charge in [0.25, 0.3) is 0 Å². The fourth-order valence-electron chi connectivity index (χ4n) is 3.80. The number of aliphatic hydroxyl groups excluding tert-OH is 1. The lowest BCUT2D eigenvalue weighted by atomic mass is 9.78. The van der Waals surface area contributed by atoms with Crippen LogP contribution in [0.3, 0.4) is 0 Å². The Bertz CT molecular complexity index is 391. The van der Waals surface area contributed by atoms with Gasteiger partial charge in [0.05, 0.1) is 6.10 Å². The zero-order valence-electron chi connectivity index (χ0n) is 12.0. The molecular formula is C17H26OS. The lowest BCUT2D eigenvalue weighted by Gasteiger charge is -2.30. The van der Waals surface area contributed by atoms with Gasteiger partial charge in [0.2, 0.25) is 0 Å². The van der Waals surface area contributed by atoms with Crippen molar-refractivity contribution in [3.05, 3.63) is 21.4 Å². The Morgan fingerprint density at radius 1 is 1.21 bits per heavy atom. The Kier molecular flexibility index (Phi) is 4.28. The van der Waals surface area contributed by atoms with E-state index < -0.39 is 0 Å². The van der Waals surface area contributed by atoms with Crippen molar-refractivity contribution < 1.29 is 5.11 Å². The molecular weight excluding hydrogens is 252 g/mol. The normalized spacial score (nSPS) is 28.9. The summed E-state index contributed by atoms with van der Waals surface area (Å²) in [5.74, 6) is 1.43. The van der Waals surface area contributed by atoms with Crippen LogP contribution in [0.25, 0.3) is 0 Å². The van der Waals surface area contributed by atoms with Gasteiger partial charge in [-0.25, -0.2) is 0 Å². The number of rotatable bonds is 3. The number of hydrogen-bond donors (Lipinski definition) is 1. The summed E-state index contributed by atoms with van der Waals surface area (Å²) in [6.07, 6.45) is 11.4. The Hall–Kier alpha value is -0.340. The third kappa shape index (κ3) is 2.90. The van der Waals surface area contributed by atoms with Crippen LogP contribution in [0, 0.1) is 11.8 Å². The molecule has 0 bridgehead atoms. The highest BCUT2D eigenvalue weighted by Gasteiger charge is 2.28. The van der Waals surface area contributed by atoms with Crippen LogP contribution in [0.2, 0.25) is 0 Å². The molecule has 1 atom stereocenters. The van der Waals surface area contributed by atoms with E-state index in [1.807, 2.05) is 11.3 Å². The second-order valence-electron chi connectivity index (χ2n) is 6.44. The van der Waals surface area contributed by atoms with Crippen molar-refractivity contribution in [1.82, 2.24) is 0 Å². The van der Waals surface area contributed by atoms with E-state index in [1.54, 1.807) is 4.88 Å². The zero-order valence-corrected chi connectivity index (χ0v) is 12.8. The van der Waals surface area contributed by atoms with E-state index in [0.717, 1.165) is 5.92 Å². The third-order valence-electron chi connectivity index (χ3n) is 5.22. The van der Waals surface area contributed by atoms with Crippen LogP contribution in [0.4, 0.5) is 0 Å². The van der Waals surface area contributed by atoms with Crippen molar-refractivity contribution >= 4 is 11.3 Å². The summed E-state index contributed by atoms with van der Waals surface area (Å²) < 4.78 is 0. The molecule has 0 aromatic carbocycles. The van der Waals surface area contributed by atoms with E-state index in [2.05, 4.69) is 13.0 Å². The van der Waals surface area contributed by atoms with Crippen molar-refractivity contribution in [2.45, 2.75) is 70.8 Å². The predicted octanol–water partition coefficient (Wildman–Crippen LogP) is 4.88. The monoisotopic (exact) mass is 278 g/mol. The van der Waals surface area contributed by atoms with E-state index in [4.69, 9.17) is 0 Å². The number of aryl methyl sites for hydroxylation is 2. The van der Waals surface area contributed by atoms with Crippen molar-refractivity contribution in [3.63, 3.8) is 0 Å². The molecule has 0 saturated heterocycles. The highest BCUT2D eigenvalue weighted by molar-refractivity contribution is 7.12. The zero-order chi connectivity index (χ0) is 13.2. The summed E-state index contributed by atoms with van der Waals surface area (Å²) in [5.41, 5.74) is 1.53. The fourth-order valence-corrected chi connectivity index (χ4v) is 5.14. The van der Waals surface area contributed by atoms with Crippen LogP contribution in [-0.4, -0.2) is 5.11 Å². The summed E-state index contributed by atoms with van der Waals surface area (Å²) in [6.45, 7) is 2.30. The lowest BCUT2D eigenvalue weighted by Crippen LogP contribution is -2.19. The first-order valence-corrected chi connectivity index (χ1v) is 8.89. The molecule has 106 valence electrons. The van der Waals surface area contributed by atoms with Gasteiger partial charge in [-0.2, -0.15) is 0 Å². The second-order valence-corrected chi connectivity index (χ2v) is 7.61. The van der Waals surface area contributed by atoms with Gasteiger partial charge in [0.15, 0.2) is 0 Å². The van der Waals surface area contributed by atoms with Crippen LogP contribution in [0.5, 0.6) is 0 Å². The maximum Gasteiger partial charge on any atom is 0.0910 e. The van der Waals surface area contributed by atoms with Crippen molar-refractivity contribution in [2.24, 2.45) is 11.8 Å². The first-order chi connectivity index (χ1) is 9.28. The summed E-state index contributed by atoms with van der Waals surface area (Å²) in [6, 6.07) is 2.32.